The lowest BCUT2D eigenvalue weighted by molar-refractivity contribution is -0.141. The summed E-state index contributed by atoms with van der Waals surface area (Å²) in [5, 5.41) is 0. The Labute approximate surface area is 102 Å². The molecule has 5 nitrogen and oxygen atoms in total. The Morgan fingerprint density at radius 2 is 1.94 bits per heavy atom. The summed E-state index contributed by atoms with van der Waals surface area (Å²) in [7, 11) is 0. The van der Waals surface area contributed by atoms with E-state index in [9.17, 15) is 4.79 Å². The summed E-state index contributed by atoms with van der Waals surface area (Å²) < 4.78 is 20.2. The molecule has 98 valence electrons. The highest BCUT2D eigenvalue weighted by atomic mass is 16.6. The summed E-state index contributed by atoms with van der Waals surface area (Å²) in [4.78, 5) is 10.8. The van der Waals surface area contributed by atoms with Crippen LogP contribution in [0, 0.1) is 0 Å². The molecule has 0 saturated heterocycles. The molecule has 0 bridgehead atoms. The Balaban J connectivity index is 3.26. The lowest BCUT2D eigenvalue weighted by Gasteiger charge is -2.12. The SMILES string of the molecule is C=COCCOCCOC(C)COC(=O)C=C. The van der Waals surface area contributed by atoms with E-state index in [2.05, 4.69) is 13.2 Å². The number of esters is 1. The molecule has 0 aromatic carbocycles. The minimum Gasteiger partial charge on any atom is -0.499 e. The molecule has 0 rings (SSSR count). The maximum Gasteiger partial charge on any atom is 0.330 e. The van der Waals surface area contributed by atoms with E-state index in [-0.39, 0.29) is 12.7 Å². The summed E-state index contributed by atoms with van der Waals surface area (Å²) in [5.41, 5.74) is 0. The maximum atomic E-state index is 10.8. The van der Waals surface area contributed by atoms with Gasteiger partial charge in [0, 0.05) is 6.08 Å². The van der Waals surface area contributed by atoms with Crippen LogP contribution in [0.1, 0.15) is 6.92 Å². The Hall–Kier alpha value is -1.33. The van der Waals surface area contributed by atoms with E-state index >= 15 is 0 Å². The Morgan fingerprint density at radius 3 is 2.59 bits per heavy atom. The quantitative estimate of drug-likeness (QED) is 0.237. The molecule has 0 aliphatic carbocycles. The van der Waals surface area contributed by atoms with Gasteiger partial charge in [-0.1, -0.05) is 13.2 Å². The molecule has 5 heteroatoms. The van der Waals surface area contributed by atoms with E-state index in [0.717, 1.165) is 6.08 Å². The van der Waals surface area contributed by atoms with Crippen molar-refractivity contribution >= 4 is 5.97 Å². The fourth-order valence-electron chi connectivity index (χ4n) is 0.907. The van der Waals surface area contributed by atoms with E-state index in [1.165, 1.54) is 6.26 Å². The molecule has 0 spiro atoms. The highest BCUT2D eigenvalue weighted by molar-refractivity contribution is 5.81. The summed E-state index contributed by atoms with van der Waals surface area (Å²) >= 11 is 0. The zero-order valence-electron chi connectivity index (χ0n) is 10.2. The van der Waals surface area contributed by atoms with Gasteiger partial charge in [0.1, 0.15) is 13.2 Å². The molecule has 0 aromatic rings. The molecule has 0 radical (unpaired) electrons. The van der Waals surface area contributed by atoms with Gasteiger partial charge < -0.3 is 18.9 Å². The lowest BCUT2D eigenvalue weighted by Crippen LogP contribution is -2.20. The molecule has 0 amide bonds. The second-order valence-electron chi connectivity index (χ2n) is 3.17. The average Bonchev–Trinajstić information content (AvgIpc) is 2.34. The molecule has 0 N–H and O–H groups in total. The van der Waals surface area contributed by atoms with Crippen molar-refractivity contribution in [2.45, 2.75) is 13.0 Å². The van der Waals surface area contributed by atoms with Crippen LogP contribution < -0.4 is 0 Å². The van der Waals surface area contributed by atoms with Gasteiger partial charge in [-0.15, -0.1) is 0 Å². The molecular formula is C12H20O5. The van der Waals surface area contributed by atoms with Gasteiger partial charge in [-0.25, -0.2) is 4.79 Å². The Kier molecular flexibility index (Phi) is 10.3. The Bertz CT molecular complexity index is 227. The summed E-state index contributed by atoms with van der Waals surface area (Å²) in [5.74, 6) is -0.446. The van der Waals surface area contributed by atoms with E-state index in [0.29, 0.717) is 26.4 Å². The van der Waals surface area contributed by atoms with Crippen molar-refractivity contribution < 1.29 is 23.7 Å². The second kappa shape index (κ2) is 11.2. The molecule has 0 aliphatic heterocycles. The van der Waals surface area contributed by atoms with Crippen molar-refractivity contribution in [2.75, 3.05) is 33.0 Å². The monoisotopic (exact) mass is 244 g/mol. The number of hydrogen-bond donors (Lipinski definition) is 0. The first-order valence-electron chi connectivity index (χ1n) is 5.41. The lowest BCUT2D eigenvalue weighted by atomic mass is 10.4. The van der Waals surface area contributed by atoms with Crippen molar-refractivity contribution in [2.24, 2.45) is 0 Å². The molecule has 0 aromatic heterocycles. The first-order valence-corrected chi connectivity index (χ1v) is 5.41. The van der Waals surface area contributed by atoms with Crippen LogP contribution in [-0.4, -0.2) is 45.1 Å². The standard InChI is InChI=1S/C12H20O5/c1-4-12(13)17-10-11(3)16-9-8-15-7-6-14-5-2/h4-5,11H,1-2,6-10H2,3H3. The fraction of sp³-hybridized carbons (Fsp3) is 0.583. The molecule has 0 fully saturated rings. The number of rotatable bonds is 11. The molecule has 0 heterocycles. The molecule has 1 atom stereocenters. The third kappa shape index (κ3) is 10.9. The van der Waals surface area contributed by atoms with Gasteiger partial charge in [-0.3, -0.25) is 0 Å². The van der Waals surface area contributed by atoms with Crippen LogP contribution >= 0.6 is 0 Å². The minimum absolute atomic E-state index is 0.160. The van der Waals surface area contributed by atoms with E-state index in [1.807, 2.05) is 6.92 Å². The molecule has 1 unspecified atom stereocenters. The third-order valence-electron chi connectivity index (χ3n) is 1.72. The average molecular weight is 244 g/mol. The molecule has 0 saturated carbocycles. The number of hydrogen-bond acceptors (Lipinski definition) is 5. The summed E-state index contributed by atoms with van der Waals surface area (Å²) in [6.07, 6.45) is 2.33. The van der Waals surface area contributed by atoms with Crippen molar-refractivity contribution in [3.05, 3.63) is 25.5 Å². The van der Waals surface area contributed by atoms with Gasteiger partial charge in [-0.05, 0) is 6.92 Å². The van der Waals surface area contributed by atoms with Crippen molar-refractivity contribution in [1.29, 1.82) is 0 Å². The predicted octanol–water partition coefficient (Wildman–Crippen LogP) is 1.30. The first kappa shape index (κ1) is 15.7. The summed E-state index contributed by atoms with van der Waals surface area (Å²) in [6.45, 7) is 10.6. The highest BCUT2D eigenvalue weighted by Gasteiger charge is 2.04. The second-order valence-corrected chi connectivity index (χ2v) is 3.17. The van der Waals surface area contributed by atoms with Crippen LogP contribution in [0.2, 0.25) is 0 Å². The molecule has 0 aliphatic rings. The largest absolute Gasteiger partial charge is 0.499 e. The highest BCUT2D eigenvalue weighted by Crippen LogP contribution is 1.93. The van der Waals surface area contributed by atoms with Crippen LogP contribution in [0.25, 0.3) is 0 Å². The van der Waals surface area contributed by atoms with Crippen molar-refractivity contribution in [3.63, 3.8) is 0 Å². The predicted molar refractivity (Wildman–Crippen MR) is 63.5 cm³/mol. The smallest absolute Gasteiger partial charge is 0.330 e. The number of carbonyl (C=O) groups is 1. The fourth-order valence-corrected chi connectivity index (χ4v) is 0.907. The van der Waals surface area contributed by atoms with Crippen LogP contribution in [0.3, 0.4) is 0 Å². The van der Waals surface area contributed by atoms with E-state index in [4.69, 9.17) is 18.9 Å². The van der Waals surface area contributed by atoms with Crippen LogP contribution in [0.4, 0.5) is 0 Å². The van der Waals surface area contributed by atoms with Crippen LogP contribution in [0.5, 0.6) is 0 Å². The van der Waals surface area contributed by atoms with Gasteiger partial charge >= 0.3 is 5.97 Å². The van der Waals surface area contributed by atoms with Gasteiger partial charge in [-0.2, -0.15) is 0 Å². The third-order valence-corrected chi connectivity index (χ3v) is 1.72. The van der Waals surface area contributed by atoms with E-state index in [1.54, 1.807) is 0 Å². The zero-order valence-corrected chi connectivity index (χ0v) is 10.2. The normalized spacial score (nSPS) is 11.6. The summed E-state index contributed by atoms with van der Waals surface area (Å²) in [6, 6.07) is 0. The number of carbonyl (C=O) groups excluding carboxylic acids is 1. The van der Waals surface area contributed by atoms with Gasteiger partial charge in [0.05, 0.1) is 32.2 Å². The first-order chi connectivity index (χ1) is 8.20. The van der Waals surface area contributed by atoms with Gasteiger partial charge in [0.15, 0.2) is 0 Å². The van der Waals surface area contributed by atoms with Gasteiger partial charge in [0.2, 0.25) is 0 Å². The minimum atomic E-state index is -0.446. The van der Waals surface area contributed by atoms with Gasteiger partial charge in [0.25, 0.3) is 0 Å². The molecule has 17 heavy (non-hydrogen) atoms. The topological polar surface area (TPSA) is 54.0 Å². The maximum absolute atomic E-state index is 10.8. The van der Waals surface area contributed by atoms with Crippen molar-refractivity contribution in [3.8, 4) is 0 Å². The number of ether oxygens (including phenoxy) is 4. The van der Waals surface area contributed by atoms with Crippen LogP contribution in [-0.2, 0) is 23.7 Å². The van der Waals surface area contributed by atoms with Crippen LogP contribution in [0.15, 0.2) is 25.5 Å². The van der Waals surface area contributed by atoms with Crippen molar-refractivity contribution in [1.82, 2.24) is 0 Å². The molecular weight excluding hydrogens is 224 g/mol. The zero-order chi connectivity index (χ0) is 12.9. The van der Waals surface area contributed by atoms with E-state index < -0.39 is 5.97 Å². The Morgan fingerprint density at radius 1 is 1.24 bits per heavy atom.